The highest BCUT2D eigenvalue weighted by Gasteiger charge is 2.25. The van der Waals surface area contributed by atoms with Crippen molar-refractivity contribution in [2.45, 2.75) is 18.9 Å². The number of benzene rings is 2. The molecule has 0 radical (unpaired) electrons. The van der Waals surface area contributed by atoms with Gasteiger partial charge in [0.05, 0.1) is 32.9 Å². The summed E-state index contributed by atoms with van der Waals surface area (Å²) in [5.41, 5.74) is 2.14. The van der Waals surface area contributed by atoms with Crippen LogP contribution in [0.1, 0.15) is 12.0 Å². The van der Waals surface area contributed by atoms with E-state index in [1.54, 1.807) is 14.2 Å². The first-order chi connectivity index (χ1) is 13.1. The van der Waals surface area contributed by atoms with Gasteiger partial charge in [-0.05, 0) is 36.2 Å². The zero-order chi connectivity index (χ0) is 19.2. The lowest BCUT2D eigenvalue weighted by molar-refractivity contribution is -0.122. The van der Waals surface area contributed by atoms with Gasteiger partial charge in [0.2, 0.25) is 5.91 Å². The predicted molar refractivity (Wildman–Crippen MR) is 105 cm³/mol. The average Bonchev–Trinajstić information content (AvgIpc) is 2.68. The molecule has 1 aliphatic heterocycles. The highest BCUT2D eigenvalue weighted by molar-refractivity contribution is 5.77. The summed E-state index contributed by atoms with van der Waals surface area (Å²) in [6.07, 6.45) is 0.913. The van der Waals surface area contributed by atoms with Crippen LogP contribution in [0, 0.1) is 0 Å². The molecular formula is C21H26N2O4. The molecule has 0 aromatic heterocycles. The molecule has 27 heavy (non-hydrogen) atoms. The number of carbonyl (C=O) groups excluding carboxylic acids is 1. The van der Waals surface area contributed by atoms with E-state index in [9.17, 15) is 4.79 Å². The summed E-state index contributed by atoms with van der Waals surface area (Å²) in [5.74, 6) is 2.21. The number of nitrogens with zero attached hydrogens (tertiary/aromatic N) is 1. The number of nitrogens with one attached hydrogen (secondary N) is 1. The van der Waals surface area contributed by atoms with Crippen LogP contribution in [-0.2, 0) is 11.2 Å². The van der Waals surface area contributed by atoms with Crippen molar-refractivity contribution in [1.82, 2.24) is 5.32 Å². The van der Waals surface area contributed by atoms with E-state index in [1.165, 1.54) is 0 Å². The molecule has 1 aliphatic rings. The van der Waals surface area contributed by atoms with Crippen molar-refractivity contribution in [1.29, 1.82) is 0 Å². The van der Waals surface area contributed by atoms with Gasteiger partial charge in [-0.2, -0.15) is 0 Å². The Kier molecular flexibility index (Phi) is 6.06. The minimum Gasteiger partial charge on any atom is -0.493 e. The fourth-order valence-electron chi connectivity index (χ4n) is 3.26. The van der Waals surface area contributed by atoms with Crippen LogP contribution in [0.2, 0.25) is 0 Å². The first-order valence-electron chi connectivity index (χ1n) is 9.05. The number of likely N-dealkylation sites (N-methyl/N-ethyl adjacent to an activating group) is 1. The lowest BCUT2D eigenvalue weighted by Crippen LogP contribution is -2.41. The van der Waals surface area contributed by atoms with E-state index in [0.29, 0.717) is 31.0 Å². The molecule has 1 N–H and O–H groups in total. The third-order valence-electron chi connectivity index (χ3n) is 4.64. The van der Waals surface area contributed by atoms with E-state index in [0.717, 1.165) is 23.4 Å². The number of anilines is 1. The van der Waals surface area contributed by atoms with Crippen molar-refractivity contribution in [3.8, 4) is 17.2 Å². The lowest BCUT2D eigenvalue weighted by Gasteiger charge is -2.33. The Bertz CT molecular complexity index is 794. The molecule has 2 aromatic rings. The molecule has 0 saturated heterocycles. The van der Waals surface area contributed by atoms with Crippen LogP contribution in [0.25, 0.3) is 0 Å². The van der Waals surface area contributed by atoms with Gasteiger partial charge in [-0.25, -0.2) is 0 Å². The maximum absolute atomic E-state index is 12.3. The normalized spacial score (nSPS) is 15.5. The van der Waals surface area contributed by atoms with Crippen molar-refractivity contribution in [3.05, 3.63) is 48.0 Å². The van der Waals surface area contributed by atoms with Crippen molar-refractivity contribution in [2.75, 3.05) is 39.3 Å². The Labute approximate surface area is 160 Å². The fraction of sp³-hybridized carbons (Fsp3) is 0.381. The van der Waals surface area contributed by atoms with Crippen LogP contribution in [0.4, 0.5) is 5.69 Å². The first-order valence-corrected chi connectivity index (χ1v) is 9.05. The maximum Gasteiger partial charge on any atom is 0.223 e. The predicted octanol–water partition coefficient (Wildman–Crippen LogP) is 2.65. The Morgan fingerprint density at radius 3 is 2.74 bits per heavy atom. The fourth-order valence-corrected chi connectivity index (χ4v) is 3.26. The largest absolute Gasteiger partial charge is 0.493 e. The number of para-hydroxylation sites is 2. The molecule has 1 amide bonds. The second kappa shape index (κ2) is 8.66. The number of methoxy groups -OCH3 is 2. The molecule has 3 rings (SSSR count). The van der Waals surface area contributed by atoms with Gasteiger partial charge in [-0.15, -0.1) is 0 Å². The number of carbonyl (C=O) groups is 1. The van der Waals surface area contributed by atoms with Gasteiger partial charge in [0.25, 0.3) is 0 Å². The molecule has 1 heterocycles. The minimum atomic E-state index is -0.147. The van der Waals surface area contributed by atoms with Gasteiger partial charge in [-0.3, -0.25) is 4.79 Å². The van der Waals surface area contributed by atoms with E-state index in [1.807, 2.05) is 49.5 Å². The summed E-state index contributed by atoms with van der Waals surface area (Å²) >= 11 is 0. The summed E-state index contributed by atoms with van der Waals surface area (Å²) in [6, 6.07) is 13.7. The smallest absolute Gasteiger partial charge is 0.223 e. The van der Waals surface area contributed by atoms with Gasteiger partial charge in [0.1, 0.15) is 11.9 Å². The molecule has 1 unspecified atom stereocenters. The van der Waals surface area contributed by atoms with Crippen molar-refractivity contribution in [2.24, 2.45) is 0 Å². The Hall–Kier alpha value is -2.89. The molecule has 0 aliphatic carbocycles. The molecule has 144 valence electrons. The van der Waals surface area contributed by atoms with Crippen LogP contribution in [0.15, 0.2) is 42.5 Å². The van der Waals surface area contributed by atoms with Crippen LogP contribution in [0.5, 0.6) is 17.2 Å². The third-order valence-corrected chi connectivity index (χ3v) is 4.64. The summed E-state index contributed by atoms with van der Waals surface area (Å²) in [7, 11) is 5.24. The number of hydrogen-bond donors (Lipinski definition) is 1. The molecule has 0 bridgehead atoms. The standard InChI is InChI=1S/C21H26N2O4/c1-23-14-16(27-18-7-5-4-6-17(18)23)13-21(24)22-11-10-15-8-9-19(25-2)20(12-15)26-3/h4-9,12,16H,10-11,13-14H2,1-3H3,(H,22,24). The van der Waals surface area contributed by atoms with E-state index in [4.69, 9.17) is 14.2 Å². The van der Waals surface area contributed by atoms with Gasteiger partial charge >= 0.3 is 0 Å². The Morgan fingerprint density at radius 1 is 1.19 bits per heavy atom. The number of fused-ring (bicyclic) bond motifs is 1. The van der Waals surface area contributed by atoms with Crippen molar-refractivity contribution in [3.63, 3.8) is 0 Å². The molecule has 0 spiro atoms. The molecular weight excluding hydrogens is 344 g/mol. The maximum atomic E-state index is 12.3. The van der Waals surface area contributed by atoms with Crippen molar-refractivity contribution < 1.29 is 19.0 Å². The minimum absolute atomic E-state index is 0.00624. The quantitative estimate of drug-likeness (QED) is 0.812. The summed E-state index contributed by atoms with van der Waals surface area (Å²) in [5, 5.41) is 2.97. The summed E-state index contributed by atoms with van der Waals surface area (Å²) in [6.45, 7) is 1.26. The highest BCUT2D eigenvalue weighted by Crippen LogP contribution is 2.32. The number of amides is 1. The van der Waals surface area contributed by atoms with E-state index >= 15 is 0 Å². The molecule has 0 saturated carbocycles. The zero-order valence-electron chi connectivity index (χ0n) is 16.0. The molecule has 1 atom stereocenters. The van der Waals surface area contributed by atoms with E-state index in [2.05, 4.69) is 10.2 Å². The van der Waals surface area contributed by atoms with Gasteiger partial charge < -0.3 is 24.4 Å². The van der Waals surface area contributed by atoms with Crippen LogP contribution in [-0.4, -0.2) is 46.4 Å². The molecule has 6 heteroatoms. The van der Waals surface area contributed by atoms with E-state index in [-0.39, 0.29) is 12.0 Å². The van der Waals surface area contributed by atoms with Gasteiger partial charge in [0, 0.05) is 13.6 Å². The number of ether oxygens (including phenoxy) is 3. The second-order valence-electron chi connectivity index (χ2n) is 6.58. The highest BCUT2D eigenvalue weighted by atomic mass is 16.5. The van der Waals surface area contributed by atoms with Crippen LogP contribution < -0.4 is 24.4 Å². The second-order valence-corrected chi connectivity index (χ2v) is 6.58. The Morgan fingerprint density at radius 2 is 1.96 bits per heavy atom. The van der Waals surface area contributed by atoms with E-state index < -0.39 is 0 Å². The summed E-state index contributed by atoms with van der Waals surface area (Å²) < 4.78 is 16.5. The molecule has 6 nitrogen and oxygen atoms in total. The molecule has 2 aromatic carbocycles. The topological polar surface area (TPSA) is 60.0 Å². The van der Waals surface area contributed by atoms with Crippen LogP contribution in [0.3, 0.4) is 0 Å². The zero-order valence-corrected chi connectivity index (χ0v) is 16.0. The van der Waals surface area contributed by atoms with Crippen LogP contribution >= 0.6 is 0 Å². The number of rotatable bonds is 7. The van der Waals surface area contributed by atoms with Gasteiger partial charge in [-0.1, -0.05) is 18.2 Å². The Balaban J connectivity index is 1.48. The first kappa shape index (κ1) is 18.9. The lowest BCUT2D eigenvalue weighted by atomic mass is 10.1. The van der Waals surface area contributed by atoms with Crippen molar-refractivity contribution >= 4 is 11.6 Å². The monoisotopic (exact) mass is 370 g/mol. The average molecular weight is 370 g/mol. The summed E-state index contributed by atoms with van der Waals surface area (Å²) in [4.78, 5) is 14.4. The molecule has 0 fully saturated rings. The number of hydrogen-bond acceptors (Lipinski definition) is 5. The van der Waals surface area contributed by atoms with Gasteiger partial charge in [0.15, 0.2) is 11.5 Å². The SMILES string of the molecule is COc1ccc(CCNC(=O)CC2CN(C)c3ccccc3O2)cc1OC. The third kappa shape index (κ3) is 4.64.